The van der Waals surface area contributed by atoms with E-state index in [1.54, 1.807) is 4.90 Å². The first kappa shape index (κ1) is 17.1. The largest absolute Gasteiger partial charge is 0.452 e. The summed E-state index contributed by atoms with van der Waals surface area (Å²) >= 11 is 0. The van der Waals surface area contributed by atoms with Gasteiger partial charge in [0.25, 0.3) is 5.91 Å². The maximum atomic E-state index is 12.3. The number of rotatable bonds is 4. The van der Waals surface area contributed by atoms with Gasteiger partial charge in [-0.3, -0.25) is 4.79 Å². The predicted molar refractivity (Wildman–Crippen MR) is 90.6 cm³/mol. The molecule has 0 unspecified atom stereocenters. The average molecular weight is 360 g/mol. The van der Waals surface area contributed by atoms with Crippen molar-refractivity contribution in [2.45, 2.75) is 11.3 Å². The number of sulfonamides is 1. The zero-order chi connectivity index (χ0) is 18.0. The number of hydrogen-bond donors (Lipinski definition) is 1. The van der Waals surface area contributed by atoms with Crippen LogP contribution in [0.1, 0.15) is 15.9 Å². The maximum Gasteiger partial charge on any atom is 0.338 e. The van der Waals surface area contributed by atoms with E-state index >= 15 is 0 Å². The summed E-state index contributed by atoms with van der Waals surface area (Å²) in [4.78, 5) is 25.8. The van der Waals surface area contributed by atoms with Gasteiger partial charge in [0, 0.05) is 12.2 Å². The lowest BCUT2D eigenvalue weighted by atomic mass is 10.2. The van der Waals surface area contributed by atoms with Crippen molar-refractivity contribution in [3.05, 3.63) is 59.7 Å². The van der Waals surface area contributed by atoms with E-state index in [-0.39, 0.29) is 23.0 Å². The maximum absolute atomic E-state index is 12.3. The molecule has 0 spiro atoms. The molecule has 0 radical (unpaired) electrons. The highest BCUT2D eigenvalue weighted by Gasteiger charge is 2.25. The lowest BCUT2D eigenvalue weighted by Crippen LogP contribution is -2.33. The van der Waals surface area contributed by atoms with Crippen molar-refractivity contribution in [3.63, 3.8) is 0 Å². The Kier molecular flexibility index (Phi) is 4.56. The van der Waals surface area contributed by atoms with Gasteiger partial charge in [-0.25, -0.2) is 18.4 Å². The molecule has 2 N–H and O–H groups in total. The molecule has 1 aliphatic rings. The summed E-state index contributed by atoms with van der Waals surface area (Å²) in [7, 11) is -3.82. The molecule has 1 aliphatic heterocycles. The van der Waals surface area contributed by atoms with E-state index in [1.807, 2.05) is 24.3 Å². The number of ether oxygens (including phenoxy) is 1. The molecule has 0 aliphatic carbocycles. The van der Waals surface area contributed by atoms with Crippen LogP contribution in [0.5, 0.6) is 0 Å². The van der Waals surface area contributed by atoms with Crippen LogP contribution in [0.3, 0.4) is 0 Å². The standard InChI is InChI=1S/C17H16N2O5S/c18-25(22,23)14-7-5-13(6-8-14)17(21)24-11-16(20)19-10-9-12-3-1-2-4-15(12)19/h1-8H,9-11H2,(H2,18,22,23). The van der Waals surface area contributed by atoms with Crippen molar-refractivity contribution < 1.29 is 22.7 Å². The number of amides is 1. The number of anilines is 1. The molecule has 0 bridgehead atoms. The van der Waals surface area contributed by atoms with Crippen LogP contribution in [0.25, 0.3) is 0 Å². The van der Waals surface area contributed by atoms with Gasteiger partial charge in [-0.15, -0.1) is 0 Å². The van der Waals surface area contributed by atoms with E-state index in [4.69, 9.17) is 9.88 Å². The molecule has 25 heavy (non-hydrogen) atoms. The van der Waals surface area contributed by atoms with E-state index in [0.717, 1.165) is 17.7 Å². The normalized spacial score (nSPS) is 13.4. The molecule has 1 heterocycles. The second-order valence-electron chi connectivity index (χ2n) is 5.57. The van der Waals surface area contributed by atoms with Crippen LogP contribution < -0.4 is 10.0 Å². The van der Waals surface area contributed by atoms with Gasteiger partial charge in [0.15, 0.2) is 6.61 Å². The first-order valence-electron chi connectivity index (χ1n) is 7.54. The minimum absolute atomic E-state index is 0.103. The quantitative estimate of drug-likeness (QED) is 0.821. The Morgan fingerprint density at radius 3 is 2.44 bits per heavy atom. The third kappa shape index (κ3) is 3.70. The molecule has 0 atom stereocenters. The van der Waals surface area contributed by atoms with Gasteiger partial charge >= 0.3 is 5.97 Å². The molecule has 1 amide bonds. The number of hydrogen-bond acceptors (Lipinski definition) is 5. The van der Waals surface area contributed by atoms with Crippen LogP contribution >= 0.6 is 0 Å². The average Bonchev–Trinajstić information content (AvgIpc) is 3.03. The third-order valence-corrected chi connectivity index (χ3v) is 4.86. The molecule has 8 heteroatoms. The number of para-hydroxylation sites is 1. The molecule has 2 aromatic carbocycles. The van der Waals surface area contributed by atoms with Crippen molar-refractivity contribution >= 4 is 27.6 Å². The molecule has 0 saturated carbocycles. The van der Waals surface area contributed by atoms with Gasteiger partial charge < -0.3 is 9.64 Å². The highest BCUT2D eigenvalue weighted by Crippen LogP contribution is 2.27. The third-order valence-electron chi connectivity index (χ3n) is 3.93. The van der Waals surface area contributed by atoms with Crippen molar-refractivity contribution in [3.8, 4) is 0 Å². The number of esters is 1. The summed E-state index contributed by atoms with van der Waals surface area (Å²) in [5, 5.41) is 5.00. The Hall–Kier alpha value is -2.71. The van der Waals surface area contributed by atoms with Gasteiger partial charge in [-0.1, -0.05) is 18.2 Å². The zero-order valence-corrected chi connectivity index (χ0v) is 14.0. The Balaban J connectivity index is 1.62. The molecular weight excluding hydrogens is 344 g/mol. The minimum Gasteiger partial charge on any atom is -0.452 e. The van der Waals surface area contributed by atoms with Crippen LogP contribution in [0.15, 0.2) is 53.4 Å². The summed E-state index contributed by atoms with van der Waals surface area (Å²) in [5.74, 6) is -1.01. The fourth-order valence-electron chi connectivity index (χ4n) is 2.67. The molecule has 130 valence electrons. The van der Waals surface area contributed by atoms with Gasteiger partial charge in [0.05, 0.1) is 10.5 Å². The summed E-state index contributed by atoms with van der Waals surface area (Å²) in [6, 6.07) is 12.6. The molecule has 7 nitrogen and oxygen atoms in total. The smallest absolute Gasteiger partial charge is 0.338 e. The number of nitrogens with two attached hydrogens (primary N) is 1. The van der Waals surface area contributed by atoms with Gasteiger partial charge in [-0.2, -0.15) is 0 Å². The Bertz CT molecular complexity index is 922. The van der Waals surface area contributed by atoms with Crippen LogP contribution in [-0.4, -0.2) is 33.4 Å². The highest BCUT2D eigenvalue weighted by atomic mass is 32.2. The monoisotopic (exact) mass is 360 g/mol. The van der Waals surface area contributed by atoms with Crippen LogP contribution in [-0.2, 0) is 26.0 Å². The fourth-order valence-corrected chi connectivity index (χ4v) is 3.18. The zero-order valence-electron chi connectivity index (χ0n) is 13.2. The number of carbonyl (C=O) groups excluding carboxylic acids is 2. The molecule has 2 aromatic rings. The number of primary sulfonamides is 1. The van der Waals surface area contributed by atoms with E-state index in [2.05, 4.69) is 0 Å². The van der Waals surface area contributed by atoms with Gasteiger partial charge in [-0.05, 0) is 42.3 Å². The van der Waals surface area contributed by atoms with Crippen LogP contribution in [0, 0.1) is 0 Å². The Labute approximate surface area is 145 Å². The van der Waals surface area contributed by atoms with E-state index in [0.29, 0.717) is 6.54 Å². The summed E-state index contributed by atoms with van der Waals surface area (Å²) in [6.45, 7) is 0.170. The molecular formula is C17H16N2O5S. The second kappa shape index (κ2) is 6.66. The van der Waals surface area contributed by atoms with E-state index in [1.165, 1.54) is 24.3 Å². The lowest BCUT2D eigenvalue weighted by molar-refractivity contribution is -0.121. The van der Waals surface area contributed by atoms with Crippen molar-refractivity contribution in [2.24, 2.45) is 5.14 Å². The SMILES string of the molecule is NS(=O)(=O)c1ccc(C(=O)OCC(=O)N2CCc3ccccc32)cc1. The first-order valence-corrected chi connectivity index (χ1v) is 9.09. The van der Waals surface area contributed by atoms with E-state index < -0.39 is 16.0 Å². The number of nitrogens with zero attached hydrogens (tertiary/aromatic N) is 1. The highest BCUT2D eigenvalue weighted by molar-refractivity contribution is 7.89. The first-order chi connectivity index (χ1) is 11.9. The lowest BCUT2D eigenvalue weighted by Gasteiger charge is -2.17. The molecule has 0 aromatic heterocycles. The van der Waals surface area contributed by atoms with Gasteiger partial charge in [0.2, 0.25) is 10.0 Å². The van der Waals surface area contributed by atoms with Crippen LogP contribution in [0.2, 0.25) is 0 Å². The summed E-state index contributed by atoms with van der Waals surface area (Å²) in [5.41, 5.74) is 2.06. The second-order valence-corrected chi connectivity index (χ2v) is 7.13. The number of fused-ring (bicyclic) bond motifs is 1. The van der Waals surface area contributed by atoms with Crippen molar-refractivity contribution in [1.29, 1.82) is 0 Å². The topological polar surface area (TPSA) is 107 Å². The summed E-state index contributed by atoms with van der Waals surface area (Å²) in [6.07, 6.45) is 0.769. The van der Waals surface area contributed by atoms with Crippen molar-refractivity contribution in [2.75, 3.05) is 18.1 Å². The molecule has 0 fully saturated rings. The van der Waals surface area contributed by atoms with Crippen molar-refractivity contribution in [1.82, 2.24) is 0 Å². The Morgan fingerprint density at radius 1 is 1.08 bits per heavy atom. The molecule has 3 rings (SSSR count). The number of carbonyl (C=O) groups is 2. The summed E-state index contributed by atoms with van der Waals surface area (Å²) < 4.78 is 27.4. The predicted octanol–water partition coefficient (Wildman–Crippen LogP) is 1.08. The van der Waals surface area contributed by atoms with Gasteiger partial charge in [0.1, 0.15) is 0 Å². The molecule has 0 saturated heterocycles. The fraction of sp³-hybridized carbons (Fsp3) is 0.176. The van der Waals surface area contributed by atoms with E-state index in [9.17, 15) is 18.0 Å². The van der Waals surface area contributed by atoms with Crippen LogP contribution in [0.4, 0.5) is 5.69 Å². The minimum atomic E-state index is -3.82. The number of benzene rings is 2. The Morgan fingerprint density at radius 2 is 1.76 bits per heavy atom.